The number of benzene rings is 2. The van der Waals surface area contributed by atoms with Crippen LogP contribution in [0.4, 0.5) is 0 Å². The van der Waals surface area contributed by atoms with E-state index in [0.29, 0.717) is 41.2 Å². The third-order valence-electron chi connectivity index (χ3n) is 6.30. The molecule has 0 spiro atoms. The van der Waals surface area contributed by atoms with Gasteiger partial charge in [-0.15, -0.1) is 0 Å². The molecule has 2 aromatic rings. The fourth-order valence-electron chi connectivity index (χ4n) is 4.61. The molecular formula is C26H32ClN3O6S. The van der Waals surface area contributed by atoms with Crippen LogP contribution in [0.3, 0.4) is 0 Å². The Morgan fingerprint density at radius 3 is 2.24 bits per heavy atom. The standard InChI is InChI=1S/C26H32ClN3O6S/c1-19-17-28(18-20(2)35-19)15-16-30(25-5-3-4-14-29(32)26(25)31)37(33,34)24-12-10-23(11-13-24)36-22-8-6-21(27)7-9-22/h3-4,6-13,19-20,25,32H,5,14-18H2,1-2H3. The van der Waals surface area contributed by atoms with Gasteiger partial charge in [-0.3, -0.25) is 14.9 Å². The van der Waals surface area contributed by atoms with Crippen LogP contribution in [0.25, 0.3) is 0 Å². The minimum atomic E-state index is -4.09. The monoisotopic (exact) mass is 549 g/mol. The summed E-state index contributed by atoms with van der Waals surface area (Å²) in [5.74, 6) is 0.369. The summed E-state index contributed by atoms with van der Waals surface area (Å²) in [6.45, 7) is 5.82. The Morgan fingerprint density at radius 1 is 1.03 bits per heavy atom. The van der Waals surface area contributed by atoms with Gasteiger partial charge < -0.3 is 9.47 Å². The minimum absolute atomic E-state index is 0.0123. The summed E-state index contributed by atoms with van der Waals surface area (Å²) < 4.78 is 40.5. The van der Waals surface area contributed by atoms with Crippen molar-refractivity contribution >= 4 is 27.5 Å². The zero-order valence-electron chi connectivity index (χ0n) is 20.9. The number of hydrogen-bond acceptors (Lipinski definition) is 7. The Hall–Kier alpha value is -2.47. The zero-order chi connectivity index (χ0) is 26.6. The smallest absolute Gasteiger partial charge is 0.264 e. The first-order chi connectivity index (χ1) is 17.6. The largest absolute Gasteiger partial charge is 0.457 e. The van der Waals surface area contributed by atoms with Gasteiger partial charge in [0.05, 0.1) is 23.6 Å². The van der Waals surface area contributed by atoms with E-state index in [0.717, 1.165) is 0 Å². The van der Waals surface area contributed by atoms with Crippen molar-refractivity contribution < 1.29 is 27.9 Å². The van der Waals surface area contributed by atoms with Crippen LogP contribution >= 0.6 is 11.6 Å². The van der Waals surface area contributed by atoms with Crippen LogP contribution in [0, 0.1) is 0 Å². The van der Waals surface area contributed by atoms with Gasteiger partial charge in [0.1, 0.15) is 17.5 Å². The second-order valence-electron chi connectivity index (χ2n) is 9.30. The predicted octanol–water partition coefficient (Wildman–Crippen LogP) is 3.78. The van der Waals surface area contributed by atoms with Gasteiger partial charge >= 0.3 is 0 Å². The molecule has 0 bridgehead atoms. The normalized spacial score (nSPS) is 23.3. The molecule has 2 aliphatic heterocycles. The summed E-state index contributed by atoms with van der Waals surface area (Å²) in [7, 11) is -4.09. The summed E-state index contributed by atoms with van der Waals surface area (Å²) in [5.41, 5.74) is 0. The minimum Gasteiger partial charge on any atom is -0.457 e. The molecule has 0 saturated carbocycles. The summed E-state index contributed by atoms with van der Waals surface area (Å²) in [5, 5.41) is 11.3. The Kier molecular flexibility index (Phi) is 8.89. The van der Waals surface area contributed by atoms with Gasteiger partial charge in [0.15, 0.2) is 0 Å². The number of amides is 1. The van der Waals surface area contributed by atoms with Gasteiger partial charge in [0, 0.05) is 31.2 Å². The van der Waals surface area contributed by atoms with E-state index in [-0.39, 0.29) is 36.6 Å². The van der Waals surface area contributed by atoms with E-state index in [1.807, 2.05) is 13.8 Å². The summed E-state index contributed by atoms with van der Waals surface area (Å²) in [4.78, 5) is 15.1. The number of rotatable bonds is 8. The van der Waals surface area contributed by atoms with Crippen molar-refractivity contribution in [3.8, 4) is 11.5 Å². The van der Waals surface area contributed by atoms with Gasteiger partial charge in [-0.1, -0.05) is 23.8 Å². The molecule has 200 valence electrons. The molecule has 1 saturated heterocycles. The molecular weight excluding hydrogens is 518 g/mol. The predicted molar refractivity (Wildman–Crippen MR) is 139 cm³/mol. The first kappa shape index (κ1) is 27.6. The van der Waals surface area contributed by atoms with E-state index in [2.05, 4.69) is 4.90 Å². The highest BCUT2D eigenvalue weighted by atomic mass is 35.5. The van der Waals surface area contributed by atoms with E-state index in [1.165, 1.54) is 16.4 Å². The highest BCUT2D eigenvalue weighted by Gasteiger charge is 2.38. The summed E-state index contributed by atoms with van der Waals surface area (Å²) in [6, 6.07) is 11.8. The molecule has 3 unspecified atom stereocenters. The molecule has 3 atom stereocenters. The van der Waals surface area contributed by atoms with E-state index in [4.69, 9.17) is 21.1 Å². The average molecular weight is 550 g/mol. The maximum Gasteiger partial charge on any atom is 0.264 e. The van der Waals surface area contributed by atoms with Crippen molar-refractivity contribution in [2.45, 2.75) is 43.4 Å². The Labute approximate surface area is 222 Å². The molecule has 11 heteroatoms. The van der Waals surface area contributed by atoms with E-state index in [1.54, 1.807) is 48.6 Å². The van der Waals surface area contributed by atoms with Crippen LogP contribution in [0.5, 0.6) is 11.5 Å². The van der Waals surface area contributed by atoms with Crippen LogP contribution in [-0.4, -0.2) is 84.8 Å². The maximum absolute atomic E-state index is 13.9. The number of morpholine rings is 1. The van der Waals surface area contributed by atoms with E-state index < -0.39 is 22.0 Å². The van der Waals surface area contributed by atoms with Crippen LogP contribution in [0.15, 0.2) is 65.6 Å². The van der Waals surface area contributed by atoms with Crippen LogP contribution < -0.4 is 4.74 Å². The van der Waals surface area contributed by atoms with Gasteiger partial charge in [-0.05, 0) is 68.8 Å². The molecule has 1 N–H and O–H groups in total. The first-order valence-corrected chi connectivity index (χ1v) is 14.0. The van der Waals surface area contributed by atoms with Crippen molar-refractivity contribution in [3.63, 3.8) is 0 Å². The molecule has 1 amide bonds. The van der Waals surface area contributed by atoms with Crippen LogP contribution in [0.2, 0.25) is 5.02 Å². The van der Waals surface area contributed by atoms with Crippen molar-refractivity contribution in [1.29, 1.82) is 0 Å². The fourth-order valence-corrected chi connectivity index (χ4v) is 6.32. The first-order valence-electron chi connectivity index (χ1n) is 12.2. The number of hydrogen-bond donors (Lipinski definition) is 1. The molecule has 9 nitrogen and oxygen atoms in total. The molecule has 0 aromatic heterocycles. The SMILES string of the molecule is CC1CN(CCN(C2CC=CCN(O)C2=O)S(=O)(=O)c2ccc(Oc3ccc(Cl)cc3)cc2)CC(C)O1. The zero-order valence-corrected chi connectivity index (χ0v) is 22.4. The third kappa shape index (κ3) is 6.90. The number of ether oxygens (including phenoxy) is 2. The number of nitrogens with zero attached hydrogens (tertiary/aromatic N) is 3. The van der Waals surface area contributed by atoms with E-state index >= 15 is 0 Å². The summed E-state index contributed by atoms with van der Waals surface area (Å²) in [6.07, 6.45) is 3.60. The maximum atomic E-state index is 13.9. The molecule has 2 aliphatic rings. The van der Waals surface area contributed by atoms with Crippen molar-refractivity contribution in [2.75, 3.05) is 32.7 Å². The van der Waals surface area contributed by atoms with Gasteiger partial charge in [-0.2, -0.15) is 4.31 Å². The lowest BCUT2D eigenvalue weighted by Gasteiger charge is -2.37. The lowest BCUT2D eigenvalue weighted by molar-refractivity contribution is -0.166. The molecule has 2 heterocycles. The van der Waals surface area contributed by atoms with Crippen molar-refractivity contribution in [3.05, 3.63) is 65.7 Å². The number of carbonyl (C=O) groups excluding carboxylic acids is 1. The van der Waals surface area contributed by atoms with Crippen molar-refractivity contribution in [1.82, 2.24) is 14.3 Å². The Morgan fingerprint density at radius 2 is 1.62 bits per heavy atom. The highest BCUT2D eigenvalue weighted by Crippen LogP contribution is 2.27. The number of hydroxylamine groups is 2. The van der Waals surface area contributed by atoms with Gasteiger partial charge in [0.25, 0.3) is 5.91 Å². The molecule has 0 radical (unpaired) electrons. The van der Waals surface area contributed by atoms with E-state index in [9.17, 15) is 18.4 Å². The van der Waals surface area contributed by atoms with Gasteiger partial charge in [-0.25, -0.2) is 13.5 Å². The number of sulfonamides is 1. The third-order valence-corrected chi connectivity index (χ3v) is 8.48. The van der Waals surface area contributed by atoms with Crippen molar-refractivity contribution in [2.24, 2.45) is 0 Å². The molecule has 2 aromatic carbocycles. The van der Waals surface area contributed by atoms with Crippen LogP contribution in [-0.2, 0) is 19.6 Å². The molecule has 37 heavy (non-hydrogen) atoms. The lowest BCUT2D eigenvalue weighted by atomic mass is 10.2. The average Bonchev–Trinajstić information content (AvgIpc) is 3.01. The summed E-state index contributed by atoms with van der Waals surface area (Å²) >= 11 is 5.92. The number of halogens is 1. The second-order valence-corrected chi connectivity index (χ2v) is 11.6. The lowest BCUT2D eigenvalue weighted by Crippen LogP contribution is -2.53. The quantitative estimate of drug-likeness (QED) is 0.395. The van der Waals surface area contributed by atoms with Crippen LogP contribution in [0.1, 0.15) is 20.3 Å². The molecule has 4 rings (SSSR count). The topological polar surface area (TPSA) is 99.6 Å². The fraction of sp³-hybridized carbons (Fsp3) is 0.423. The second kappa shape index (κ2) is 11.9. The molecule has 1 fully saturated rings. The highest BCUT2D eigenvalue weighted by molar-refractivity contribution is 7.89. The Bertz CT molecular complexity index is 1200. The van der Waals surface area contributed by atoms with Gasteiger partial charge in [0.2, 0.25) is 10.0 Å². The molecule has 0 aliphatic carbocycles. The Balaban J connectivity index is 1.57. The number of carbonyl (C=O) groups is 1.